The Morgan fingerprint density at radius 1 is 1.28 bits per heavy atom. The van der Waals surface area contributed by atoms with Gasteiger partial charge in [0.2, 0.25) is 11.8 Å². The molecule has 2 rings (SSSR count). The summed E-state index contributed by atoms with van der Waals surface area (Å²) in [5.41, 5.74) is 3.23. The maximum atomic E-state index is 12.1. The van der Waals surface area contributed by atoms with Gasteiger partial charge in [-0.15, -0.1) is 0 Å². The number of aryl methyl sites for hydroxylation is 2. The van der Waals surface area contributed by atoms with Gasteiger partial charge in [-0.25, -0.2) is 0 Å². The number of piperidine rings is 1. The maximum absolute atomic E-state index is 12.1. The lowest BCUT2D eigenvalue weighted by Gasteiger charge is -2.26. The molecule has 1 heterocycles. The molecule has 0 radical (unpaired) electrons. The number of carbonyl (C=O) groups is 2. The van der Waals surface area contributed by atoms with E-state index in [1.807, 2.05) is 32.0 Å². The molecule has 1 aliphatic rings. The lowest BCUT2D eigenvalue weighted by molar-refractivity contribution is -0.133. The molecule has 0 saturated carbocycles. The quantitative estimate of drug-likeness (QED) is 0.636. The first-order valence-electron chi connectivity index (χ1n) is 8.86. The summed E-state index contributed by atoms with van der Waals surface area (Å²) in [6.07, 6.45) is 2.94. The van der Waals surface area contributed by atoms with Crippen molar-refractivity contribution in [2.24, 2.45) is 0 Å². The largest absolute Gasteiger partial charge is 0.475 e. The van der Waals surface area contributed by atoms with Crippen molar-refractivity contribution in [3.8, 4) is 0 Å². The molecule has 136 valence electrons. The van der Waals surface area contributed by atoms with E-state index < -0.39 is 13.1 Å². The standard InChI is InChI=1S/C18H27BN2O4/c1-13-6-7-15(11-14(13)2)12-16(19(24)25)20-17(22)8-10-21-9-4-3-5-18(21)23/h6-7,11,16,24-25H,3-5,8-10,12H2,1-2H3,(H,20,22)/t16-/m0/s1. The third kappa shape index (κ3) is 5.86. The van der Waals surface area contributed by atoms with Gasteiger partial charge >= 0.3 is 7.12 Å². The Labute approximate surface area is 149 Å². The summed E-state index contributed by atoms with van der Waals surface area (Å²) in [6.45, 7) is 5.09. The first-order valence-corrected chi connectivity index (χ1v) is 8.86. The fraction of sp³-hybridized carbons (Fsp3) is 0.556. The van der Waals surface area contributed by atoms with Crippen molar-refractivity contribution in [1.82, 2.24) is 10.2 Å². The summed E-state index contributed by atoms with van der Waals surface area (Å²) < 4.78 is 0. The van der Waals surface area contributed by atoms with Crippen molar-refractivity contribution in [3.63, 3.8) is 0 Å². The van der Waals surface area contributed by atoms with Crippen molar-refractivity contribution in [1.29, 1.82) is 0 Å². The highest BCUT2D eigenvalue weighted by atomic mass is 16.4. The van der Waals surface area contributed by atoms with E-state index in [1.165, 1.54) is 5.56 Å². The number of amides is 2. The van der Waals surface area contributed by atoms with Crippen molar-refractivity contribution in [2.75, 3.05) is 13.1 Å². The van der Waals surface area contributed by atoms with Gasteiger partial charge in [0, 0.05) is 25.9 Å². The molecular formula is C18H27BN2O4. The molecule has 1 aromatic rings. The molecule has 1 aromatic carbocycles. The second-order valence-electron chi connectivity index (χ2n) is 6.80. The van der Waals surface area contributed by atoms with E-state index in [4.69, 9.17) is 0 Å². The number of hydrogen-bond acceptors (Lipinski definition) is 4. The minimum absolute atomic E-state index is 0.0907. The van der Waals surface area contributed by atoms with Gasteiger partial charge < -0.3 is 20.3 Å². The van der Waals surface area contributed by atoms with Gasteiger partial charge in [0.25, 0.3) is 0 Å². The van der Waals surface area contributed by atoms with Crippen LogP contribution in [0.15, 0.2) is 18.2 Å². The Bertz CT molecular complexity index is 621. The number of rotatable bonds is 7. The Morgan fingerprint density at radius 2 is 2.04 bits per heavy atom. The molecule has 1 aliphatic heterocycles. The number of nitrogens with zero attached hydrogens (tertiary/aromatic N) is 1. The SMILES string of the molecule is Cc1ccc(C[C@H](NC(=O)CCN2CCCCC2=O)B(O)O)cc1C. The van der Waals surface area contributed by atoms with E-state index >= 15 is 0 Å². The summed E-state index contributed by atoms with van der Waals surface area (Å²) in [7, 11) is -1.64. The zero-order valence-corrected chi connectivity index (χ0v) is 15.0. The average Bonchev–Trinajstić information content (AvgIpc) is 2.56. The molecule has 3 N–H and O–H groups in total. The highest BCUT2D eigenvalue weighted by Crippen LogP contribution is 2.13. The molecule has 6 nitrogen and oxygen atoms in total. The zero-order valence-electron chi connectivity index (χ0n) is 15.0. The summed E-state index contributed by atoms with van der Waals surface area (Å²) in [5, 5.41) is 21.8. The van der Waals surface area contributed by atoms with Gasteiger partial charge in [-0.3, -0.25) is 9.59 Å². The lowest BCUT2D eigenvalue weighted by atomic mass is 9.75. The van der Waals surface area contributed by atoms with Crippen LogP contribution >= 0.6 is 0 Å². The number of carbonyl (C=O) groups excluding carboxylic acids is 2. The topological polar surface area (TPSA) is 89.9 Å². The number of hydrogen-bond donors (Lipinski definition) is 3. The molecule has 0 spiro atoms. The Hall–Kier alpha value is -1.86. The van der Waals surface area contributed by atoms with Crippen LogP contribution in [0.4, 0.5) is 0 Å². The summed E-state index contributed by atoms with van der Waals surface area (Å²) in [4.78, 5) is 25.6. The van der Waals surface area contributed by atoms with Crippen LogP contribution in [0.5, 0.6) is 0 Å². The second kappa shape index (κ2) is 9.01. The first kappa shape index (κ1) is 19.5. The number of benzene rings is 1. The third-order valence-corrected chi connectivity index (χ3v) is 4.76. The molecule has 0 aromatic heterocycles. The molecule has 1 atom stereocenters. The van der Waals surface area contributed by atoms with Crippen molar-refractivity contribution in [3.05, 3.63) is 34.9 Å². The minimum atomic E-state index is -1.64. The van der Waals surface area contributed by atoms with Gasteiger partial charge in [-0.1, -0.05) is 18.2 Å². The molecular weight excluding hydrogens is 319 g/mol. The van der Waals surface area contributed by atoms with Crippen molar-refractivity contribution >= 4 is 18.9 Å². The second-order valence-corrected chi connectivity index (χ2v) is 6.80. The summed E-state index contributed by atoms with van der Waals surface area (Å²) in [5.74, 6) is -0.958. The fourth-order valence-electron chi connectivity index (χ4n) is 3.03. The Morgan fingerprint density at radius 3 is 2.68 bits per heavy atom. The normalized spacial score (nSPS) is 15.8. The van der Waals surface area contributed by atoms with Gasteiger partial charge in [0.1, 0.15) is 0 Å². The molecule has 0 unspecified atom stereocenters. The Kier molecular flexibility index (Phi) is 7.02. The molecule has 1 saturated heterocycles. The molecule has 0 aliphatic carbocycles. The lowest BCUT2D eigenvalue weighted by Crippen LogP contribution is -2.48. The van der Waals surface area contributed by atoms with Crippen LogP contribution in [-0.2, 0) is 16.0 Å². The predicted molar refractivity (Wildman–Crippen MR) is 96.8 cm³/mol. The van der Waals surface area contributed by atoms with E-state index in [0.717, 1.165) is 24.0 Å². The van der Waals surface area contributed by atoms with Gasteiger partial charge in [0.05, 0.1) is 5.94 Å². The van der Waals surface area contributed by atoms with Gasteiger partial charge in [-0.2, -0.15) is 0 Å². The van der Waals surface area contributed by atoms with Gasteiger partial charge in [-0.05, 0) is 49.8 Å². The van der Waals surface area contributed by atoms with Crippen LogP contribution in [0, 0.1) is 13.8 Å². The number of nitrogens with one attached hydrogen (secondary N) is 1. The summed E-state index contributed by atoms with van der Waals surface area (Å²) in [6, 6.07) is 5.90. The van der Waals surface area contributed by atoms with E-state index in [-0.39, 0.29) is 18.2 Å². The predicted octanol–water partition coefficient (Wildman–Crippen LogP) is 0.745. The highest BCUT2D eigenvalue weighted by molar-refractivity contribution is 6.43. The van der Waals surface area contributed by atoms with Crippen LogP contribution in [0.3, 0.4) is 0 Å². The van der Waals surface area contributed by atoms with E-state index in [9.17, 15) is 19.6 Å². The van der Waals surface area contributed by atoms with E-state index in [2.05, 4.69) is 5.32 Å². The van der Waals surface area contributed by atoms with Crippen LogP contribution < -0.4 is 5.32 Å². The van der Waals surface area contributed by atoms with E-state index in [1.54, 1.807) is 4.90 Å². The zero-order chi connectivity index (χ0) is 18.4. The highest BCUT2D eigenvalue weighted by Gasteiger charge is 2.26. The maximum Gasteiger partial charge on any atom is 0.475 e. The van der Waals surface area contributed by atoms with Gasteiger partial charge in [0.15, 0.2) is 0 Å². The molecule has 1 fully saturated rings. The van der Waals surface area contributed by atoms with Crippen molar-refractivity contribution in [2.45, 2.75) is 51.9 Å². The average molecular weight is 346 g/mol. The summed E-state index contributed by atoms with van der Waals surface area (Å²) >= 11 is 0. The van der Waals surface area contributed by atoms with Crippen LogP contribution in [-0.4, -0.2) is 52.9 Å². The van der Waals surface area contributed by atoms with E-state index in [0.29, 0.717) is 25.9 Å². The van der Waals surface area contributed by atoms with Crippen LogP contribution in [0.2, 0.25) is 0 Å². The Balaban J connectivity index is 1.88. The monoisotopic (exact) mass is 346 g/mol. The fourth-order valence-corrected chi connectivity index (χ4v) is 3.03. The first-order chi connectivity index (χ1) is 11.9. The third-order valence-electron chi connectivity index (χ3n) is 4.76. The molecule has 7 heteroatoms. The number of likely N-dealkylation sites (tertiary alicyclic amines) is 1. The molecule has 0 bridgehead atoms. The van der Waals surface area contributed by atoms with Crippen molar-refractivity contribution < 1.29 is 19.6 Å². The molecule has 25 heavy (non-hydrogen) atoms. The molecule has 2 amide bonds. The van der Waals surface area contributed by atoms with Crippen LogP contribution in [0.1, 0.15) is 42.4 Å². The minimum Gasteiger partial charge on any atom is -0.426 e. The van der Waals surface area contributed by atoms with Crippen LogP contribution in [0.25, 0.3) is 0 Å². The smallest absolute Gasteiger partial charge is 0.426 e.